The third kappa shape index (κ3) is 5.48. The van der Waals surface area contributed by atoms with Gasteiger partial charge in [-0.2, -0.15) is 0 Å². The number of halogens is 2. The van der Waals surface area contributed by atoms with Crippen molar-refractivity contribution in [1.29, 1.82) is 0 Å². The molecular formula is C13H19ClFNO. The number of hydrogen-bond acceptors (Lipinski definition) is 2. The molecule has 0 spiro atoms. The largest absolute Gasteiger partial charge is 0.391 e. The number of aliphatic hydroxyl groups excluding tert-OH is 1. The Morgan fingerprint density at radius 1 is 1.41 bits per heavy atom. The summed E-state index contributed by atoms with van der Waals surface area (Å²) in [5, 5.41) is 13.3. The Kier molecular flexibility index (Phi) is 4.92. The minimum absolute atomic E-state index is 0.0560. The second-order valence-corrected chi connectivity index (χ2v) is 5.66. The van der Waals surface area contributed by atoms with Gasteiger partial charge in [0.15, 0.2) is 0 Å². The molecule has 1 atom stereocenters. The van der Waals surface area contributed by atoms with Gasteiger partial charge in [-0.15, -0.1) is 0 Å². The van der Waals surface area contributed by atoms with Crippen LogP contribution in [0.15, 0.2) is 18.2 Å². The van der Waals surface area contributed by atoms with Gasteiger partial charge in [-0.05, 0) is 38.5 Å². The molecule has 0 aromatic heterocycles. The molecule has 1 aromatic carbocycles. The maximum absolute atomic E-state index is 13.5. The van der Waals surface area contributed by atoms with Gasteiger partial charge in [0.25, 0.3) is 0 Å². The summed E-state index contributed by atoms with van der Waals surface area (Å²) in [5.41, 5.74) is 0.428. The van der Waals surface area contributed by atoms with Crippen LogP contribution in [-0.2, 0) is 6.42 Å². The Bertz CT molecular complexity index is 376. The summed E-state index contributed by atoms with van der Waals surface area (Å²) in [4.78, 5) is 0. The summed E-state index contributed by atoms with van der Waals surface area (Å²) >= 11 is 5.66. The van der Waals surface area contributed by atoms with Gasteiger partial charge >= 0.3 is 0 Å². The van der Waals surface area contributed by atoms with Gasteiger partial charge in [0.05, 0.1) is 6.10 Å². The maximum atomic E-state index is 13.5. The molecule has 0 amide bonds. The van der Waals surface area contributed by atoms with Crippen molar-refractivity contribution in [3.63, 3.8) is 0 Å². The molecule has 0 heterocycles. The fourth-order valence-corrected chi connectivity index (χ4v) is 1.60. The minimum Gasteiger partial charge on any atom is -0.391 e. The minimum atomic E-state index is -0.607. The Morgan fingerprint density at radius 2 is 2.06 bits per heavy atom. The molecule has 1 unspecified atom stereocenters. The molecule has 0 aliphatic rings. The van der Waals surface area contributed by atoms with Gasteiger partial charge in [0, 0.05) is 23.5 Å². The van der Waals surface area contributed by atoms with Gasteiger partial charge in [0.1, 0.15) is 5.82 Å². The van der Waals surface area contributed by atoms with Crippen LogP contribution >= 0.6 is 11.6 Å². The van der Waals surface area contributed by atoms with Crippen molar-refractivity contribution in [2.24, 2.45) is 0 Å². The first-order valence-corrected chi connectivity index (χ1v) is 6.03. The summed E-state index contributed by atoms with van der Waals surface area (Å²) in [6.07, 6.45) is -0.323. The van der Waals surface area contributed by atoms with E-state index in [0.29, 0.717) is 17.1 Å². The number of rotatable bonds is 4. The highest BCUT2D eigenvalue weighted by Gasteiger charge is 2.14. The van der Waals surface area contributed by atoms with Gasteiger partial charge in [0.2, 0.25) is 0 Å². The zero-order chi connectivity index (χ0) is 13.1. The number of benzene rings is 1. The number of nitrogens with one attached hydrogen (secondary N) is 1. The Morgan fingerprint density at radius 3 is 2.59 bits per heavy atom. The molecule has 17 heavy (non-hydrogen) atoms. The average Bonchev–Trinajstić information content (AvgIpc) is 2.18. The van der Waals surface area contributed by atoms with E-state index in [1.165, 1.54) is 6.07 Å². The Hall–Kier alpha value is -0.640. The highest BCUT2D eigenvalue weighted by Crippen LogP contribution is 2.16. The zero-order valence-corrected chi connectivity index (χ0v) is 11.2. The van der Waals surface area contributed by atoms with Gasteiger partial charge in [-0.3, -0.25) is 0 Å². The third-order valence-corrected chi connectivity index (χ3v) is 2.57. The van der Waals surface area contributed by atoms with Gasteiger partial charge in [-0.1, -0.05) is 17.7 Å². The van der Waals surface area contributed by atoms with Crippen LogP contribution in [0.4, 0.5) is 4.39 Å². The van der Waals surface area contributed by atoms with Crippen LogP contribution in [0.5, 0.6) is 0 Å². The summed E-state index contributed by atoms with van der Waals surface area (Å²) in [5.74, 6) is -0.368. The quantitative estimate of drug-likeness (QED) is 0.872. The van der Waals surface area contributed by atoms with E-state index in [0.717, 1.165) is 0 Å². The van der Waals surface area contributed by atoms with Crippen LogP contribution in [0.2, 0.25) is 5.02 Å². The molecule has 0 saturated carbocycles. The predicted octanol–water partition coefficient (Wildman–Crippen LogP) is 2.77. The highest BCUT2D eigenvalue weighted by atomic mass is 35.5. The molecule has 0 bridgehead atoms. The summed E-state index contributed by atoms with van der Waals surface area (Å²) in [6.45, 7) is 6.49. The first-order valence-electron chi connectivity index (χ1n) is 5.65. The van der Waals surface area contributed by atoms with Gasteiger partial charge in [-0.25, -0.2) is 4.39 Å². The molecule has 4 heteroatoms. The molecule has 2 nitrogen and oxygen atoms in total. The van der Waals surface area contributed by atoms with E-state index in [4.69, 9.17) is 11.6 Å². The lowest BCUT2D eigenvalue weighted by atomic mass is 10.1. The van der Waals surface area contributed by atoms with Crippen molar-refractivity contribution < 1.29 is 9.50 Å². The van der Waals surface area contributed by atoms with Crippen LogP contribution in [-0.4, -0.2) is 23.3 Å². The summed E-state index contributed by atoms with van der Waals surface area (Å²) < 4.78 is 13.5. The fourth-order valence-electron chi connectivity index (χ4n) is 1.44. The van der Waals surface area contributed by atoms with Gasteiger partial charge < -0.3 is 10.4 Å². The van der Waals surface area contributed by atoms with E-state index < -0.39 is 6.10 Å². The van der Waals surface area contributed by atoms with Crippen molar-refractivity contribution in [1.82, 2.24) is 5.32 Å². The molecule has 0 saturated heterocycles. The first-order chi connectivity index (χ1) is 7.78. The van der Waals surface area contributed by atoms with E-state index in [9.17, 15) is 9.50 Å². The number of β-amino-alcohol motifs (C(OH)–C–C–N with tert-alkyl or cyclic N) is 1. The lowest BCUT2D eigenvalue weighted by Gasteiger charge is -2.23. The highest BCUT2D eigenvalue weighted by molar-refractivity contribution is 6.30. The number of aliphatic hydroxyl groups is 1. The molecule has 0 aliphatic heterocycles. The van der Waals surface area contributed by atoms with Crippen LogP contribution in [0.3, 0.4) is 0 Å². The van der Waals surface area contributed by atoms with E-state index in [1.807, 2.05) is 20.8 Å². The summed E-state index contributed by atoms with van der Waals surface area (Å²) in [6, 6.07) is 4.50. The lowest BCUT2D eigenvalue weighted by Crippen LogP contribution is -2.41. The molecule has 96 valence electrons. The monoisotopic (exact) mass is 259 g/mol. The van der Waals surface area contributed by atoms with Crippen molar-refractivity contribution in [3.8, 4) is 0 Å². The van der Waals surface area contributed by atoms with Crippen molar-refractivity contribution in [3.05, 3.63) is 34.6 Å². The van der Waals surface area contributed by atoms with E-state index >= 15 is 0 Å². The van der Waals surface area contributed by atoms with Crippen LogP contribution in [0.1, 0.15) is 26.3 Å². The topological polar surface area (TPSA) is 32.3 Å². The second-order valence-electron chi connectivity index (χ2n) is 5.22. The van der Waals surface area contributed by atoms with Crippen LogP contribution in [0.25, 0.3) is 0 Å². The number of hydrogen-bond donors (Lipinski definition) is 2. The standard InChI is InChI=1S/C13H19ClFNO/c1-13(2,3)16-8-11(17)6-9-4-5-10(14)7-12(9)15/h4-5,7,11,16-17H,6,8H2,1-3H3. The van der Waals surface area contributed by atoms with Crippen molar-refractivity contribution >= 4 is 11.6 Å². The summed E-state index contributed by atoms with van der Waals surface area (Å²) in [7, 11) is 0. The third-order valence-electron chi connectivity index (χ3n) is 2.34. The molecule has 0 aliphatic carbocycles. The van der Waals surface area contributed by atoms with E-state index in [-0.39, 0.29) is 17.8 Å². The van der Waals surface area contributed by atoms with E-state index in [1.54, 1.807) is 12.1 Å². The molecule has 2 N–H and O–H groups in total. The molecule has 1 rings (SSSR count). The maximum Gasteiger partial charge on any atom is 0.127 e. The zero-order valence-electron chi connectivity index (χ0n) is 10.4. The molecule has 0 fully saturated rings. The van der Waals surface area contributed by atoms with Crippen molar-refractivity contribution in [2.45, 2.75) is 38.8 Å². The predicted molar refractivity (Wildman–Crippen MR) is 68.9 cm³/mol. The van der Waals surface area contributed by atoms with Crippen LogP contribution in [0, 0.1) is 5.82 Å². The van der Waals surface area contributed by atoms with Crippen LogP contribution < -0.4 is 5.32 Å². The average molecular weight is 260 g/mol. The molecule has 1 aromatic rings. The Balaban J connectivity index is 2.53. The fraction of sp³-hybridized carbons (Fsp3) is 0.538. The SMILES string of the molecule is CC(C)(C)NCC(O)Cc1ccc(Cl)cc1F. The molecular weight excluding hydrogens is 241 g/mol. The Labute approximate surface area is 107 Å². The normalized spacial score (nSPS) is 13.8. The molecule has 0 radical (unpaired) electrons. The van der Waals surface area contributed by atoms with Crippen molar-refractivity contribution in [2.75, 3.05) is 6.54 Å². The lowest BCUT2D eigenvalue weighted by molar-refractivity contribution is 0.160. The second kappa shape index (κ2) is 5.80. The smallest absolute Gasteiger partial charge is 0.127 e. The van der Waals surface area contributed by atoms with E-state index in [2.05, 4.69) is 5.32 Å². The first kappa shape index (κ1) is 14.4.